The van der Waals surface area contributed by atoms with Crippen LogP contribution in [0.25, 0.3) is 104 Å². The molecule has 0 N–H and O–H groups in total. The number of nitrogens with zero attached hydrogens (tertiary/aromatic N) is 4. The van der Waals surface area contributed by atoms with E-state index in [0.29, 0.717) is 17.5 Å². The molecule has 0 unspecified atom stereocenters. The van der Waals surface area contributed by atoms with Crippen LogP contribution in [-0.4, -0.2) is 19.5 Å². The molecule has 0 amide bonds. The van der Waals surface area contributed by atoms with Crippen LogP contribution in [0.3, 0.4) is 0 Å². The van der Waals surface area contributed by atoms with E-state index in [-0.39, 0.29) is 0 Å². The van der Waals surface area contributed by atoms with E-state index < -0.39 is 0 Å². The lowest BCUT2D eigenvalue weighted by Crippen LogP contribution is -2.00. The van der Waals surface area contributed by atoms with E-state index >= 15 is 0 Å². The van der Waals surface area contributed by atoms with Gasteiger partial charge in [-0.05, 0) is 70.6 Å². The number of rotatable bonds is 5. The highest BCUT2D eigenvalue weighted by Gasteiger charge is 2.24. The van der Waals surface area contributed by atoms with Gasteiger partial charge in [0.25, 0.3) is 0 Å². The fraction of sp³-hybridized carbons (Fsp3) is 0.0192. The molecule has 0 bridgehead atoms. The Hall–Kier alpha value is -7.21. The van der Waals surface area contributed by atoms with Gasteiger partial charge in [-0.15, -0.1) is 11.3 Å². The second-order valence-corrected chi connectivity index (χ2v) is 15.8. The van der Waals surface area contributed by atoms with Crippen molar-refractivity contribution in [3.8, 4) is 62.1 Å². The monoisotopic (exact) mass is 744 g/mol. The van der Waals surface area contributed by atoms with E-state index in [0.717, 1.165) is 39.9 Å². The van der Waals surface area contributed by atoms with Crippen molar-refractivity contribution in [2.75, 3.05) is 0 Å². The van der Waals surface area contributed by atoms with Crippen molar-refractivity contribution >= 4 is 53.3 Å². The number of fused-ring (bicyclic) bond motifs is 11. The summed E-state index contributed by atoms with van der Waals surface area (Å²) in [6, 6.07) is 64.9. The molecule has 0 aliphatic heterocycles. The number of thiophene rings is 1. The highest BCUT2D eigenvalue weighted by atomic mass is 32.1. The van der Waals surface area contributed by atoms with Crippen LogP contribution < -0.4 is 0 Å². The minimum absolute atomic E-state index is 0.646. The zero-order chi connectivity index (χ0) is 37.5. The van der Waals surface area contributed by atoms with Gasteiger partial charge in [0.05, 0.1) is 11.0 Å². The van der Waals surface area contributed by atoms with Crippen molar-refractivity contribution in [1.29, 1.82) is 0 Å². The zero-order valence-electron chi connectivity index (χ0n) is 30.7. The summed E-state index contributed by atoms with van der Waals surface area (Å²) in [5.74, 6) is 1.95. The van der Waals surface area contributed by atoms with Gasteiger partial charge < -0.3 is 4.57 Å². The molecule has 5 heteroatoms. The van der Waals surface area contributed by atoms with Crippen LogP contribution in [0.2, 0.25) is 0 Å². The molecule has 4 nitrogen and oxygen atoms in total. The molecule has 3 aromatic heterocycles. The number of hydrogen-bond donors (Lipinski definition) is 0. The molecule has 0 saturated heterocycles. The SMILES string of the molecule is c1ccc(-c2nc(-c3ccccc3)nc(-c3cccc(-c4ccc5c(c4)c4c6sc7c8c(ccc7c6ccc4n5-c4ccccc4)Cc4ccccc4-8)c3)n2)cc1. The maximum Gasteiger partial charge on any atom is 0.164 e. The number of aromatic nitrogens is 4. The molecule has 11 aromatic rings. The summed E-state index contributed by atoms with van der Waals surface area (Å²) in [5, 5.41) is 5.18. The van der Waals surface area contributed by atoms with Gasteiger partial charge in [0.1, 0.15) is 0 Å². The molecule has 12 rings (SSSR count). The molecule has 1 aliphatic rings. The van der Waals surface area contributed by atoms with Gasteiger partial charge in [-0.25, -0.2) is 15.0 Å². The first-order valence-electron chi connectivity index (χ1n) is 19.3. The Balaban J connectivity index is 1.07. The predicted octanol–water partition coefficient (Wildman–Crippen LogP) is 13.6. The highest BCUT2D eigenvalue weighted by molar-refractivity contribution is 7.27. The molecule has 0 saturated carbocycles. The number of benzene rings is 8. The maximum absolute atomic E-state index is 5.03. The fourth-order valence-electron chi connectivity index (χ4n) is 8.82. The predicted molar refractivity (Wildman–Crippen MR) is 237 cm³/mol. The van der Waals surface area contributed by atoms with Crippen LogP contribution >= 0.6 is 11.3 Å². The normalized spacial score (nSPS) is 12.1. The molecule has 8 aromatic carbocycles. The topological polar surface area (TPSA) is 43.6 Å². The van der Waals surface area contributed by atoms with Crippen LogP contribution in [0, 0.1) is 0 Å². The van der Waals surface area contributed by atoms with E-state index in [1.807, 2.05) is 72.0 Å². The average Bonchev–Trinajstić information content (AvgIpc) is 3.96. The fourth-order valence-corrected chi connectivity index (χ4v) is 10.3. The van der Waals surface area contributed by atoms with E-state index in [1.54, 1.807) is 0 Å². The van der Waals surface area contributed by atoms with Crippen LogP contribution in [0.5, 0.6) is 0 Å². The van der Waals surface area contributed by atoms with Gasteiger partial charge in [0.15, 0.2) is 17.5 Å². The van der Waals surface area contributed by atoms with Gasteiger partial charge in [-0.3, -0.25) is 0 Å². The zero-order valence-corrected chi connectivity index (χ0v) is 31.5. The van der Waals surface area contributed by atoms with Crippen LogP contribution in [0.4, 0.5) is 0 Å². The van der Waals surface area contributed by atoms with Crippen LogP contribution in [0.1, 0.15) is 11.1 Å². The van der Waals surface area contributed by atoms with Gasteiger partial charge in [0, 0.05) is 58.9 Å². The summed E-state index contributed by atoms with van der Waals surface area (Å²) >= 11 is 1.95. The summed E-state index contributed by atoms with van der Waals surface area (Å²) in [5.41, 5.74) is 14.3. The van der Waals surface area contributed by atoms with Crippen molar-refractivity contribution in [3.63, 3.8) is 0 Å². The third kappa shape index (κ3) is 5.10. The minimum Gasteiger partial charge on any atom is -0.309 e. The lowest BCUT2D eigenvalue weighted by atomic mass is 9.99. The lowest BCUT2D eigenvalue weighted by molar-refractivity contribution is 1.07. The second kappa shape index (κ2) is 12.7. The minimum atomic E-state index is 0.646. The van der Waals surface area contributed by atoms with Crippen molar-refractivity contribution in [3.05, 3.63) is 193 Å². The third-order valence-electron chi connectivity index (χ3n) is 11.5. The highest BCUT2D eigenvalue weighted by Crippen LogP contribution is 2.50. The van der Waals surface area contributed by atoms with Crippen molar-refractivity contribution < 1.29 is 0 Å². The Morgan fingerprint density at radius 3 is 1.74 bits per heavy atom. The van der Waals surface area contributed by atoms with E-state index in [4.69, 9.17) is 15.0 Å². The van der Waals surface area contributed by atoms with Crippen molar-refractivity contribution in [2.24, 2.45) is 0 Å². The van der Waals surface area contributed by atoms with E-state index in [2.05, 4.69) is 126 Å². The standard InChI is InChI=1S/C52H32N4S/c1-4-13-32(14-5-1)50-53-51(33-15-6-2-7-16-33)55-52(54-50)38-19-12-18-34(29-38)35-24-27-44-43(31-35)47-45(56(44)39-20-8-3-9-21-39)28-26-42-41-25-23-37-30-36-17-10-11-22-40(36)46(37)48(41)57-49(42)47/h1-29,31H,30H2. The molecular weight excluding hydrogens is 713 g/mol. The van der Waals surface area contributed by atoms with E-state index in [9.17, 15) is 0 Å². The van der Waals surface area contributed by atoms with Gasteiger partial charge in [0.2, 0.25) is 0 Å². The molecule has 1 aliphatic carbocycles. The number of para-hydroxylation sites is 1. The molecule has 0 atom stereocenters. The first-order valence-corrected chi connectivity index (χ1v) is 20.1. The average molecular weight is 745 g/mol. The largest absolute Gasteiger partial charge is 0.309 e. The summed E-state index contributed by atoms with van der Waals surface area (Å²) in [6.45, 7) is 0. The lowest BCUT2D eigenvalue weighted by Gasteiger charge is -2.10. The quantitative estimate of drug-likeness (QED) is 0.176. The molecular formula is C52H32N4S. The van der Waals surface area contributed by atoms with Crippen LogP contribution in [0.15, 0.2) is 182 Å². The number of hydrogen-bond acceptors (Lipinski definition) is 4. The Morgan fingerprint density at radius 2 is 0.982 bits per heavy atom. The first kappa shape index (κ1) is 32.1. The third-order valence-corrected chi connectivity index (χ3v) is 12.7. The summed E-state index contributed by atoms with van der Waals surface area (Å²) < 4.78 is 5.14. The van der Waals surface area contributed by atoms with Crippen LogP contribution in [-0.2, 0) is 6.42 Å². The molecule has 0 spiro atoms. The summed E-state index contributed by atoms with van der Waals surface area (Å²) in [7, 11) is 0. The molecule has 57 heavy (non-hydrogen) atoms. The summed E-state index contributed by atoms with van der Waals surface area (Å²) in [6.07, 6.45) is 0.993. The first-order chi connectivity index (χ1) is 28.2. The summed E-state index contributed by atoms with van der Waals surface area (Å²) in [4.78, 5) is 15.0. The van der Waals surface area contributed by atoms with Crippen molar-refractivity contribution in [1.82, 2.24) is 19.5 Å². The second-order valence-electron chi connectivity index (χ2n) is 14.8. The van der Waals surface area contributed by atoms with Gasteiger partial charge in [-0.1, -0.05) is 146 Å². The molecule has 3 heterocycles. The molecule has 0 fully saturated rings. The Morgan fingerprint density at radius 1 is 0.404 bits per heavy atom. The molecule has 0 radical (unpaired) electrons. The molecule has 266 valence electrons. The Kier molecular flexibility index (Phi) is 7.13. The van der Waals surface area contributed by atoms with Gasteiger partial charge >= 0.3 is 0 Å². The smallest absolute Gasteiger partial charge is 0.164 e. The maximum atomic E-state index is 5.03. The Labute approximate surface area is 333 Å². The van der Waals surface area contributed by atoms with Crippen molar-refractivity contribution in [2.45, 2.75) is 6.42 Å². The Bertz CT molecular complexity index is 3310. The van der Waals surface area contributed by atoms with E-state index in [1.165, 1.54) is 64.2 Å². The van der Waals surface area contributed by atoms with Gasteiger partial charge in [-0.2, -0.15) is 0 Å².